The van der Waals surface area contributed by atoms with Crippen LogP contribution < -0.4 is 4.90 Å². The molecule has 2 heterocycles. The lowest BCUT2D eigenvalue weighted by Crippen LogP contribution is -2.42. The number of ketones is 1. The SMILES string of the molecule is C#CCCCN1C(=O)C(O)(CC(=O)c2c[nH]c3ccccc23)c2cc(C)ccc21. The molecule has 29 heavy (non-hydrogen) atoms. The molecule has 0 spiro atoms. The number of hydrogen-bond acceptors (Lipinski definition) is 3. The van der Waals surface area contributed by atoms with Gasteiger partial charge in [0.15, 0.2) is 11.4 Å². The van der Waals surface area contributed by atoms with Crippen molar-refractivity contribution in [2.45, 2.75) is 31.8 Å². The quantitative estimate of drug-likeness (QED) is 0.385. The lowest BCUT2D eigenvalue weighted by molar-refractivity contribution is -0.135. The summed E-state index contributed by atoms with van der Waals surface area (Å²) in [6.45, 7) is 2.30. The number of carbonyl (C=O) groups excluding carboxylic acids is 2. The topological polar surface area (TPSA) is 73.4 Å². The second-order valence-electron chi connectivity index (χ2n) is 7.49. The van der Waals surface area contributed by atoms with Crippen molar-refractivity contribution in [2.75, 3.05) is 11.4 Å². The molecule has 0 fully saturated rings. The summed E-state index contributed by atoms with van der Waals surface area (Å²) in [6.07, 6.45) is 7.82. The number of aromatic nitrogens is 1. The molecule has 146 valence electrons. The zero-order valence-electron chi connectivity index (χ0n) is 16.2. The third-order valence-electron chi connectivity index (χ3n) is 5.50. The number of aryl methyl sites for hydroxylation is 1. The Kier molecular flexibility index (Phi) is 4.73. The van der Waals surface area contributed by atoms with Gasteiger partial charge in [0.2, 0.25) is 0 Å². The number of nitrogens with one attached hydrogen (secondary N) is 1. The molecule has 2 aromatic carbocycles. The standard InChI is InChI=1S/C24H22N2O3/c1-3-4-7-12-26-21-11-10-16(2)13-19(21)24(29,23(26)28)14-22(27)18-15-25-20-9-6-5-8-17(18)20/h1,5-6,8-11,13,15,25,29H,4,7,12,14H2,2H3. The summed E-state index contributed by atoms with van der Waals surface area (Å²) in [5, 5.41) is 12.2. The number of H-pyrrole nitrogens is 1. The van der Waals surface area contributed by atoms with Gasteiger partial charge in [-0.1, -0.05) is 35.9 Å². The Morgan fingerprint density at radius 1 is 1.28 bits per heavy atom. The number of carbonyl (C=O) groups is 2. The molecule has 4 rings (SSSR count). The Bertz CT molecular complexity index is 1150. The summed E-state index contributed by atoms with van der Waals surface area (Å²) in [5.74, 6) is 1.82. The first kappa shape index (κ1) is 19.0. The Labute approximate surface area is 169 Å². The molecule has 5 nitrogen and oxygen atoms in total. The van der Waals surface area contributed by atoms with Crippen molar-refractivity contribution in [3.63, 3.8) is 0 Å². The Morgan fingerprint density at radius 3 is 2.86 bits per heavy atom. The summed E-state index contributed by atoms with van der Waals surface area (Å²) in [7, 11) is 0. The lowest BCUT2D eigenvalue weighted by atomic mass is 9.87. The van der Waals surface area contributed by atoms with Gasteiger partial charge in [0.25, 0.3) is 5.91 Å². The zero-order valence-corrected chi connectivity index (χ0v) is 16.2. The number of benzene rings is 2. The van der Waals surface area contributed by atoms with E-state index in [-0.39, 0.29) is 12.2 Å². The molecular weight excluding hydrogens is 364 g/mol. The van der Waals surface area contributed by atoms with E-state index in [0.29, 0.717) is 36.2 Å². The minimum atomic E-state index is -1.88. The fourth-order valence-corrected chi connectivity index (χ4v) is 4.03. The van der Waals surface area contributed by atoms with Gasteiger partial charge in [-0.05, 0) is 25.5 Å². The Morgan fingerprint density at radius 2 is 2.07 bits per heavy atom. The number of Topliss-reactive ketones (excluding diaryl/α,β-unsaturated/α-hetero) is 1. The number of para-hydroxylation sites is 1. The average molecular weight is 386 g/mol. The number of aromatic amines is 1. The van der Waals surface area contributed by atoms with Gasteiger partial charge < -0.3 is 15.0 Å². The molecule has 0 aliphatic carbocycles. The lowest BCUT2D eigenvalue weighted by Gasteiger charge is -2.22. The van der Waals surface area contributed by atoms with E-state index in [1.807, 2.05) is 43.3 Å². The van der Waals surface area contributed by atoms with Gasteiger partial charge in [0.05, 0.1) is 12.1 Å². The summed E-state index contributed by atoms with van der Waals surface area (Å²) < 4.78 is 0. The van der Waals surface area contributed by atoms with Gasteiger partial charge in [-0.3, -0.25) is 9.59 Å². The second-order valence-corrected chi connectivity index (χ2v) is 7.49. The second kappa shape index (κ2) is 7.23. The highest BCUT2D eigenvalue weighted by molar-refractivity contribution is 6.13. The normalized spacial score (nSPS) is 18.1. The number of terminal acetylenes is 1. The molecule has 0 radical (unpaired) electrons. The van der Waals surface area contributed by atoms with Crippen LogP contribution in [-0.4, -0.2) is 28.3 Å². The van der Waals surface area contributed by atoms with Crippen LogP contribution in [0.5, 0.6) is 0 Å². The predicted octanol–water partition coefficient (Wildman–Crippen LogP) is 3.70. The molecule has 3 aromatic rings. The molecule has 0 bridgehead atoms. The number of hydrogen-bond donors (Lipinski definition) is 2. The van der Waals surface area contributed by atoms with Crippen molar-refractivity contribution in [3.8, 4) is 12.3 Å². The zero-order chi connectivity index (χ0) is 20.6. The number of anilines is 1. The van der Waals surface area contributed by atoms with Crippen LogP contribution in [0.3, 0.4) is 0 Å². The Balaban J connectivity index is 1.70. The molecule has 1 atom stereocenters. The van der Waals surface area contributed by atoms with Gasteiger partial charge in [-0.15, -0.1) is 12.3 Å². The molecule has 2 N–H and O–H groups in total. The number of unbranched alkanes of at least 4 members (excludes halogenated alkanes) is 1. The third kappa shape index (κ3) is 3.12. The number of amides is 1. The number of nitrogens with zero attached hydrogens (tertiary/aromatic N) is 1. The maximum atomic E-state index is 13.2. The van der Waals surface area contributed by atoms with Crippen molar-refractivity contribution in [3.05, 3.63) is 65.4 Å². The van der Waals surface area contributed by atoms with Gasteiger partial charge in [-0.25, -0.2) is 0 Å². The van der Waals surface area contributed by atoms with Crippen molar-refractivity contribution < 1.29 is 14.7 Å². The summed E-state index contributed by atoms with van der Waals surface area (Å²) in [4.78, 5) is 31.0. The highest BCUT2D eigenvalue weighted by Crippen LogP contribution is 2.43. The highest BCUT2D eigenvalue weighted by atomic mass is 16.3. The number of aliphatic hydroxyl groups is 1. The largest absolute Gasteiger partial charge is 0.375 e. The minimum Gasteiger partial charge on any atom is -0.375 e. The van der Waals surface area contributed by atoms with Crippen LogP contribution in [0.4, 0.5) is 5.69 Å². The minimum absolute atomic E-state index is 0.281. The molecular formula is C24H22N2O3. The molecule has 1 unspecified atom stereocenters. The van der Waals surface area contributed by atoms with E-state index in [1.54, 1.807) is 17.2 Å². The highest BCUT2D eigenvalue weighted by Gasteiger charge is 2.50. The summed E-state index contributed by atoms with van der Waals surface area (Å²) >= 11 is 0. The maximum Gasteiger partial charge on any atom is 0.264 e. The van der Waals surface area contributed by atoms with Crippen molar-refractivity contribution in [1.29, 1.82) is 0 Å². The third-order valence-corrected chi connectivity index (χ3v) is 5.50. The summed E-state index contributed by atoms with van der Waals surface area (Å²) in [6, 6.07) is 13.0. The van der Waals surface area contributed by atoms with E-state index in [0.717, 1.165) is 16.5 Å². The number of fused-ring (bicyclic) bond motifs is 2. The van der Waals surface area contributed by atoms with E-state index >= 15 is 0 Å². The Hall–Kier alpha value is -3.36. The van der Waals surface area contributed by atoms with Gasteiger partial charge in [-0.2, -0.15) is 0 Å². The van der Waals surface area contributed by atoms with Crippen LogP contribution >= 0.6 is 0 Å². The fourth-order valence-electron chi connectivity index (χ4n) is 4.03. The van der Waals surface area contributed by atoms with Crippen molar-refractivity contribution in [1.82, 2.24) is 4.98 Å². The molecule has 1 aliphatic rings. The molecule has 5 heteroatoms. The van der Waals surface area contributed by atoms with Crippen molar-refractivity contribution >= 4 is 28.3 Å². The van der Waals surface area contributed by atoms with Gasteiger partial charge in [0.1, 0.15) is 0 Å². The van der Waals surface area contributed by atoms with E-state index in [2.05, 4.69) is 10.9 Å². The van der Waals surface area contributed by atoms with Gasteiger partial charge >= 0.3 is 0 Å². The van der Waals surface area contributed by atoms with Crippen LogP contribution in [0.25, 0.3) is 10.9 Å². The van der Waals surface area contributed by atoms with Crippen molar-refractivity contribution in [2.24, 2.45) is 0 Å². The maximum absolute atomic E-state index is 13.2. The molecule has 0 saturated carbocycles. The van der Waals surface area contributed by atoms with E-state index in [9.17, 15) is 14.7 Å². The summed E-state index contributed by atoms with van der Waals surface area (Å²) in [5.41, 5.74) is 1.48. The predicted molar refractivity (Wildman–Crippen MR) is 113 cm³/mol. The van der Waals surface area contributed by atoms with Crippen LogP contribution in [-0.2, 0) is 10.4 Å². The van der Waals surface area contributed by atoms with Crippen LogP contribution in [0, 0.1) is 19.3 Å². The fraction of sp³-hybridized carbons (Fsp3) is 0.250. The first-order valence-electron chi connectivity index (χ1n) is 9.64. The number of rotatable bonds is 6. The van der Waals surface area contributed by atoms with Crippen LogP contribution in [0.15, 0.2) is 48.7 Å². The van der Waals surface area contributed by atoms with E-state index in [1.165, 1.54) is 0 Å². The average Bonchev–Trinajstić information content (AvgIpc) is 3.22. The molecule has 1 amide bonds. The van der Waals surface area contributed by atoms with Gasteiger partial charge in [0, 0.05) is 41.2 Å². The van der Waals surface area contributed by atoms with Crippen LogP contribution in [0.2, 0.25) is 0 Å². The molecule has 1 aliphatic heterocycles. The monoisotopic (exact) mass is 386 g/mol. The molecule has 1 aromatic heterocycles. The first-order valence-corrected chi connectivity index (χ1v) is 9.64. The molecule has 0 saturated heterocycles. The van der Waals surface area contributed by atoms with Crippen LogP contribution in [0.1, 0.15) is 40.7 Å². The van der Waals surface area contributed by atoms with E-state index < -0.39 is 11.5 Å². The first-order chi connectivity index (χ1) is 14.0. The smallest absolute Gasteiger partial charge is 0.264 e. The van der Waals surface area contributed by atoms with E-state index in [4.69, 9.17) is 6.42 Å².